The zero-order chi connectivity index (χ0) is 28.7. The highest BCUT2D eigenvalue weighted by atomic mass is 16.6. The van der Waals surface area contributed by atoms with Crippen LogP contribution in [0.4, 0.5) is 0 Å². The molecule has 0 aliphatic heterocycles. The fraction of sp³-hybridized carbons (Fsp3) is 0.529. The van der Waals surface area contributed by atoms with Gasteiger partial charge in [-0.1, -0.05) is 96.6 Å². The lowest BCUT2D eigenvalue weighted by atomic mass is 9.94. The average Bonchev–Trinajstić information content (AvgIpc) is 2.97. The highest BCUT2D eigenvalue weighted by molar-refractivity contribution is 6.12. The van der Waals surface area contributed by atoms with E-state index in [4.69, 9.17) is 18.9 Å². The first kappa shape index (κ1) is 31.3. The second kappa shape index (κ2) is 16.7. The molecule has 0 saturated carbocycles. The quantitative estimate of drug-likeness (QED) is 0.0905. The first-order valence-corrected chi connectivity index (χ1v) is 15.1. The van der Waals surface area contributed by atoms with Crippen molar-refractivity contribution in [3.8, 4) is 11.5 Å². The van der Waals surface area contributed by atoms with E-state index in [9.17, 15) is 9.59 Å². The maximum atomic E-state index is 12.5. The molecule has 0 heterocycles. The van der Waals surface area contributed by atoms with Gasteiger partial charge in [-0.2, -0.15) is 0 Å². The van der Waals surface area contributed by atoms with Gasteiger partial charge in [0.15, 0.2) is 13.2 Å². The van der Waals surface area contributed by atoms with Crippen LogP contribution >= 0.6 is 0 Å². The molecule has 0 radical (unpaired) electrons. The first-order chi connectivity index (χ1) is 19.5. The second-order valence-corrected chi connectivity index (χ2v) is 10.2. The Bertz CT molecular complexity index is 1240. The minimum absolute atomic E-state index is 0.171. The number of hydrogen-bond donors (Lipinski definition) is 0. The maximum Gasteiger partial charge on any atom is 0.344 e. The molecule has 6 heteroatoms. The molecular formula is C34H46O6. The van der Waals surface area contributed by atoms with Crippen LogP contribution in [-0.2, 0) is 31.9 Å². The largest absolute Gasteiger partial charge is 0.481 e. The van der Waals surface area contributed by atoms with Gasteiger partial charge < -0.3 is 18.9 Å². The number of carbonyl (C=O) groups excluding carboxylic acids is 2. The first-order valence-electron chi connectivity index (χ1n) is 15.1. The number of carbonyl (C=O) groups is 2. The molecule has 0 unspecified atom stereocenters. The lowest BCUT2D eigenvalue weighted by Gasteiger charge is -2.20. The number of aryl methyl sites for hydroxylation is 2. The van der Waals surface area contributed by atoms with Crippen molar-refractivity contribution in [2.24, 2.45) is 0 Å². The van der Waals surface area contributed by atoms with Gasteiger partial charge in [0.25, 0.3) is 0 Å². The van der Waals surface area contributed by atoms with Crippen LogP contribution in [0.25, 0.3) is 21.5 Å². The van der Waals surface area contributed by atoms with Crippen molar-refractivity contribution in [3.05, 3.63) is 47.5 Å². The maximum absolute atomic E-state index is 12.5. The molecule has 0 atom stereocenters. The van der Waals surface area contributed by atoms with Crippen molar-refractivity contribution in [2.45, 2.75) is 91.9 Å². The number of esters is 2. The van der Waals surface area contributed by atoms with Gasteiger partial charge in [0, 0.05) is 21.5 Å². The average molecular weight is 551 g/mol. The molecule has 0 saturated heterocycles. The van der Waals surface area contributed by atoms with E-state index in [0.717, 1.165) is 96.9 Å². The van der Waals surface area contributed by atoms with Gasteiger partial charge in [-0.25, -0.2) is 9.59 Å². The van der Waals surface area contributed by atoms with Gasteiger partial charge in [-0.15, -0.1) is 0 Å². The van der Waals surface area contributed by atoms with E-state index in [2.05, 4.69) is 45.9 Å². The van der Waals surface area contributed by atoms with Crippen LogP contribution in [0.1, 0.15) is 90.2 Å². The van der Waals surface area contributed by atoms with Gasteiger partial charge in [0.2, 0.25) is 0 Å². The Balaban J connectivity index is 1.91. The Hall–Kier alpha value is -3.28. The van der Waals surface area contributed by atoms with Crippen molar-refractivity contribution in [1.29, 1.82) is 0 Å². The Morgan fingerprint density at radius 2 is 1.25 bits per heavy atom. The standard InChI is InChI=1S/C34H46O6/c1-5-9-11-13-20-37-30(35)23-39-33-28-17-15-16-26(8-4)32(28)34(27-19-18-25(7-3)22-29(27)33)40-24-31(36)38-21-14-12-10-6-2/h15-19,22H,5-14,20-21,23-24H2,1-4H3. The number of fused-ring (bicyclic) bond motifs is 2. The molecule has 3 rings (SSSR count). The molecule has 0 amide bonds. The zero-order valence-electron chi connectivity index (χ0n) is 24.8. The van der Waals surface area contributed by atoms with Gasteiger partial charge >= 0.3 is 11.9 Å². The highest BCUT2D eigenvalue weighted by Crippen LogP contribution is 2.44. The topological polar surface area (TPSA) is 71.1 Å². The Morgan fingerprint density at radius 3 is 1.82 bits per heavy atom. The third kappa shape index (κ3) is 8.61. The lowest BCUT2D eigenvalue weighted by molar-refractivity contribution is -0.147. The normalized spacial score (nSPS) is 11.1. The minimum atomic E-state index is -0.377. The van der Waals surface area contributed by atoms with Crippen LogP contribution in [0.2, 0.25) is 0 Å². The molecule has 0 N–H and O–H groups in total. The van der Waals surface area contributed by atoms with E-state index in [1.165, 1.54) is 0 Å². The third-order valence-electron chi connectivity index (χ3n) is 7.18. The predicted octanol–water partition coefficient (Wildman–Crippen LogP) is 8.12. The second-order valence-electron chi connectivity index (χ2n) is 10.2. The van der Waals surface area contributed by atoms with Crippen LogP contribution in [-0.4, -0.2) is 38.4 Å². The molecule has 3 aromatic rings. The summed E-state index contributed by atoms with van der Waals surface area (Å²) in [6.07, 6.45) is 9.98. The molecule has 0 aliphatic rings. The molecule has 218 valence electrons. The Kier molecular flexibility index (Phi) is 13.1. The molecule has 0 spiro atoms. The third-order valence-corrected chi connectivity index (χ3v) is 7.18. The SMILES string of the molecule is CCCCCCOC(=O)COc1c2cc(CC)ccc2c(OCC(=O)OCCCCCC)c2c(CC)cccc12. The molecule has 0 aliphatic carbocycles. The summed E-state index contributed by atoms with van der Waals surface area (Å²) in [6.45, 7) is 8.97. The van der Waals surface area contributed by atoms with Crippen molar-refractivity contribution < 1.29 is 28.5 Å². The van der Waals surface area contributed by atoms with Crippen LogP contribution in [0, 0.1) is 0 Å². The molecule has 40 heavy (non-hydrogen) atoms. The Morgan fingerprint density at radius 1 is 0.625 bits per heavy atom. The summed E-state index contributed by atoms with van der Waals surface area (Å²) < 4.78 is 23.3. The number of unbranched alkanes of at least 4 members (excludes halogenated alkanes) is 6. The molecule has 6 nitrogen and oxygen atoms in total. The molecular weight excluding hydrogens is 504 g/mol. The van der Waals surface area contributed by atoms with Gasteiger partial charge in [0.1, 0.15) is 11.5 Å². The van der Waals surface area contributed by atoms with Crippen molar-refractivity contribution in [3.63, 3.8) is 0 Å². The van der Waals surface area contributed by atoms with Crippen molar-refractivity contribution >= 4 is 33.5 Å². The number of ether oxygens (including phenoxy) is 4. The number of rotatable bonds is 18. The summed E-state index contributed by atoms with van der Waals surface area (Å²) >= 11 is 0. The van der Waals surface area contributed by atoms with Crippen molar-refractivity contribution in [2.75, 3.05) is 26.4 Å². The van der Waals surface area contributed by atoms with Gasteiger partial charge in [-0.05, 0) is 42.9 Å². The summed E-state index contributed by atoms with van der Waals surface area (Å²) in [5, 5.41) is 3.42. The van der Waals surface area contributed by atoms with Crippen LogP contribution in [0.5, 0.6) is 11.5 Å². The van der Waals surface area contributed by atoms with E-state index in [1.807, 2.05) is 18.2 Å². The molecule has 0 fully saturated rings. The smallest absolute Gasteiger partial charge is 0.344 e. The van der Waals surface area contributed by atoms with Gasteiger partial charge in [0.05, 0.1) is 13.2 Å². The molecule has 0 aromatic heterocycles. The highest BCUT2D eigenvalue weighted by Gasteiger charge is 2.21. The predicted molar refractivity (Wildman–Crippen MR) is 161 cm³/mol. The van der Waals surface area contributed by atoms with Crippen LogP contribution < -0.4 is 9.47 Å². The summed E-state index contributed by atoms with van der Waals surface area (Å²) in [7, 11) is 0. The number of benzene rings is 3. The lowest BCUT2D eigenvalue weighted by Crippen LogP contribution is -2.17. The van der Waals surface area contributed by atoms with E-state index < -0.39 is 0 Å². The zero-order valence-corrected chi connectivity index (χ0v) is 24.8. The Labute approximate surface area is 239 Å². The fourth-order valence-electron chi connectivity index (χ4n) is 4.91. The van der Waals surface area contributed by atoms with Crippen LogP contribution in [0.15, 0.2) is 36.4 Å². The van der Waals surface area contributed by atoms with E-state index in [-0.39, 0.29) is 25.2 Å². The van der Waals surface area contributed by atoms with Gasteiger partial charge in [-0.3, -0.25) is 0 Å². The minimum Gasteiger partial charge on any atom is -0.481 e. The van der Waals surface area contributed by atoms with E-state index in [1.54, 1.807) is 0 Å². The fourth-order valence-corrected chi connectivity index (χ4v) is 4.91. The summed E-state index contributed by atoms with van der Waals surface area (Å²) in [5.41, 5.74) is 2.21. The molecule has 3 aromatic carbocycles. The summed E-state index contributed by atoms with van der Waals surface area (Å²) in [6, 6.07) is 12.2. The molecule has 0 bridgehead atoms. The summed E-state index contributed by atoms with van der Waals surface area (Å²) in [4.78, 5) is 25.1. The van der Waals surface area contributed by atoms with E-state index >= 15 is 0 Å². The summed E-state index contributed by atoms with van der Waals surface area (Å²) in [5.74, 6) is 0.514. The number of hydrogen-bond acceptors (Lipinski definition) is 6. The van der Waals surface area contributed by atoms with E-state index in [0.29, 0.717) is 24.7 Å². The van der Waals surface area contributed by atoms with Crippen LogP contribution in [0.3, 0.4) is 0 Å². The monoisotopic (exact) mass is 550 g/mol. The van der Waals surface area contributed by atoms with Crippen molar-refractivity contribution in [1.82, 2.24) is 0 Å².